The molecule has 142 valence electrons. The fourth-order valence-electron chi connectivity index (χ4n) is 3.82. The maximum absolute atomic E-state index is 6.45. The van der Waals surface area contributed by atoms with Crippen molar-refractivity contribution in [3.05, 3.63) is 76.0 Å². The molecule has 0 aliphatic carbocycles. The van der Waals surface area contributed by atoms with E-state index in [1.165, 1.54) is 4.88 Å². The van der Waals surface area contributed by atoms with Gasteiger partial charge in [0.05, 0.1) is 30.9 Å². The zero-order valence-electron chi connectivity index (χ0n) is 15.7. The Morgan fingerprint density at radius 2 is 1.89 bits per heavy atom. The lowest BCUT2D eigenvalue weighted by atomic mass is 9.97. The second-order valence-electron chi connectivity index (χ2n) is 6.75. The highest BCUT2D eigenvalue weighted by Crippen LogP contribution is 2.50. The first-order valence-electron chi connectivity index (χ1n) is 9.15. The summed E-state index contributed by atoms with van der Waals surface area (Å²) in [6, 6.07) is 18.3. The van der Waals surface area contributed by atoms with Crippen LogP contribution in [-0.4, -0.2) is 24.9 Å². The average Bonchev–Trinajstić information content (AvgIpc) is 3.42. The first-order chi connectivity index (χ1) is 13.8. The Labute approximate surface area is 167 Å². The molecule has 5 rings (SSSR count). The summed E-state index contributed by atoms with van der Waals surface area (Å²) < 4.78 is 17.3. The minimum atomic E-state index is -0.322. The highest BCUT2D eigenvalue weighted by Gasteiger charge is 2.42. The van der Waals surface area contributed by atoms with Crippen molar-refractivity contribution in [1.82, 2.24) is 5.01 Å². The number of rotatable bonds is 4. The Kier molecular flexibility index (Phi) is 4.20. The van der Waals surface area contributed by atoms with E-state index < -0.39 is 0 Å². The molecule has 2 unspecified atom stereocenters. The summed E-state index contributed by atoms with van der Waals surface area (Å²) in [7, 11) is 3.34. The van der Waals surface area contributed by atoms with E-state index in [1.807, 2.05) is 36.4 Å². The van der Waals surface area contributed by atoms with Gasteiger partial charge in [0.25, 0.3) is 0 Å². The summed E-state index contributed by atoms with van der Waals surface area (Å²) in [4.78, 5) is 1.20. The molecule has 3 heterocycles. The second kappa shape index (κ2) is 6.87. The predicted octanol–water partition coefficient (Wildman–Crippen LogP) is 5.01. The molecule has 2 aliphatic rings. The summed E-state index contributed by atoms with van der Waals surface area (Å²) >= 11 is 1.72. The third-order valence-corrected chi connectivity index (χ3v) is 6.13. The minimum Gasteiger partial charge on any atom is -0.497 e. The van der Waals surface area contributed by atoms with Gasteiger partial charge in [-0.2, -0.15) is 5.10 Å². The highest BCUT2D eigenvalue weighted by molar-refractivity contribution is 7.12. The Morgan fingerprint density at radius 1 is 1.04 bits per heavy atom. The van der Waals surface area contributed by atoms with Crippen molar-refractivity contribution in [1.29, 1.82) is 0 Å². The first kappa shape index (κ1) is 17.1. The van der Waals surface area contributed by atoms with Crippen LogP contribution in [-0.2, 0) is 0 Å². The molecule has 28 heavy (non-hydrogen) atoms. The molecule has 0 radical (unpaired) electrons. The van der Waals surface area contributed by atoms with E-state index in [0.29, 0.717) is 0 Å². The van der Waals surface area contributed by atoms with Crippen molar-refractivity contribution in [3.8, 4) is 17.2 Å². The van der Waals surface area contributed by atoms with Gasteiger partial charge < -0.3 is 14.2 Å². The zero-order valence-corrected chi connectivity index (χ0v) is 16.5. The van der Waals surface area contributed by atoms with Crippen LogP contribution in [0, 0.1) is 0 Å². The van der Waals surface area contributed by atoms with Gasteiger partial charge in [0.1, 0.15) is 5.75 Å². The van der Waals surface area contributed by atoms with Crippen LogP contribution in [0.2, 0.25) is 0 Å². The van der Waals surface area contributed by atoms with Gasteiger partial charge >= 0.3 is 0 Å². The molecule has 5 nitrogen and oxygen atoms in total. The topological polar surface area (TPSA) is 43.3 Å². The second-order valence-corrected chi connectivity index (χ2v) is 7.69. The Hall–Kier alpha value is -2.99. The van der Waals surface area contributed by atoms with Gasteiger partial charge in [0, 0.05) is 17.5 Å². The SMILES string of the molecule is COc1ccc(C2Oc3c(OC)cccc3C3CC(c4cccs4)=NN32)cc1. The van der Waals surface area contributed by atoms with Crippen LogP contribution in [0.3, 0.4) is 0 Å². The molecule has 3 aromatic rings. The van der Waals surface area contributed by atoms with Crippen molar-refractivity contribution < 1.29 is 14.2 Å². The predicted molar refractivity (Wildman–Crippen MR) is 109 cm³/mol. The monoisotopic (exact) mass is 392 g/mol. The van der Waals surface area contributed by atoms with Crippen LogP contribution in [0.5, 0.6) is 17.2 Å². The fraction of sp³-hybridized carbons (Fsp3) is 0.227. The molecule has 0 fully saturated rings. The van der Waals surface area contributed by atoms with Crippen LogP contribution >= 0.6 is 11.3 Å². The third kappa shape index (κ3) is 2.72. The number of thiophene rings is 1. The molecule has 6 heteroatoms. The van der Waals surface area contributed by atoms with Crippen LogP contribution in [0.25, 0.3) is 0 Å². The number of ether oxygens (including phenoxy) is 3. The molecule has 0 saturated heterocycles. The van der Waals surface area contributed by atoms with Crippen molar-refractivity contribution in [2.24, 2.45) is 5.10 Å². The maximum atomic E-state index is 6.45. The molecule has 2 atom stereocenters. The van der Waals surface area contributed by atoms with E-state index in [-0.39, 0.29) is 12.3 Å². The summed E-state index contributed by atoms with van der Waals surface area (Å²) in [5.41, 5.74) is 3.23. The summed E-state index contributed by atoms with van der Waals surface area (Å²) in [6.45, 7) is 0. The van der Waals surface area contributed by atoms with E-state index >= 15 is 0 Å². The number of benzene rings is 2. The molecule has 0 spiro atoms. The van der Waals surface area contributed by atoms with Crippen LogP contribution < -0.4 is 14.2 Å². The number of hydrogen-bond acceptors (Lipinski definition) is 6. The summed E-state index contributed by atoms with van der Waals surface area (Å²) in [5, 5.41) is 9.14. The quantitative estimate of drug-likeness (QED) is 0.626. The lowest BCUT2D eigenvalue weighted by molar-refractivity contribution is -0.0209. The molecular weight excluding hydrogens is 372 g/mol. The van der Waals surface area contributed by atoms with Crippen molar-refractivity contribution >= 4 is 17.0 Å². The van der Waals surface area contributed by atoms with Gasteiger partial charge in [0.2, 0.25) is 6.23 Å². The molecule has 1 aromatic heterocycles. The van der Waals surface area contributed by atoms with E-state index in [4.69, 9.17) is 19.3 Å². The van der Waals surface area contributed by atoms with Crippen molar-refractivity contribution in [3.63, 3.8) is 0 Å². The minimum absolute atomic E-state index is 0.114. The van der Waals surface area contributed by atoms with Gasteiger partial charge in [-0.15, -0.1) is 11.3 Å². The number of nitrogens with zero attached hydrogens (tertiary/aromatic N) is 2. The molecule has 0 bridgehead atoms. The first-order valence-corrected chi connectivity index (χ1v) is 10.0. The van der Waals surface area contributed by atoms with E-state index in [1.54, 1.807) is 25.6 Å². The van der Waals surface area contributed by atoms with Gasteiger partial charge in [-0.25, -0.2) is 5.01 Å². The number of hydrazone groups is 1. The van der Waals surface area contributed by atoms with Crippen LogP contribution in [0.4, 0.5) is 0 Å². The van der Waals surface area contributed by atoms with E-state index in [2.05, 4.69) is 28.6 Å². The van der Waals surface area contributed by atoms with E-state index in [9.17, 15) is 0 Å². The standard InChI is InChI=1S/C22H20N2O3S/c1-25-15-10-8-14(9-11-15)22-24-18(13-17(23-24)20-7-4-12-28-20)16-5-3-6-19(26-2)21(16)27-22/h3-12,18,22H,13H2,1-2H3. The summed E-state index contributed by atoms with van der Waals surface area (Å²) in [6.07, 6.45) is 0.522. The fourth-order valence-corrected chi connectivity index (χ4v) is 4.55. The molecule has 0 saturated carbocycles. The van der Waals surface area contributed by atoms with Gasteiger partial charge in [0.15, 0.2) is 11.5 Å². The molecule has 0 amide bonds. The summed E-state index contributed by atoms with van der Waals surface area (Å²) in [5.74, 6) is 2.37. The highest BCUT2D eigenvalue weighted by atomic mass is 32.1. The Balaban J connectivity index is 1.61. The third-order valence-electron chi connectivity index (χ3n) is 5.21. The number of hydrogen-bond donors (Lipinski definition) is 0. The lowest BCUT2D eigenvalue weighted by Crippen LogP contribution is -2.33. The Morgan fingerprint density at radius 3 is 2.61 bits per heavy atom. The molecular formula is C22H20N2O3S. The van der Waals surface area contributed by atoms with Crippen molar-refractivity contribution in [2.45, 2.75) is 18.7 Å². The van der Waals surface area contributed by atoms with Crippen molar-refractivity contribution in [2.75, 3.05) is 14.2 Å². The van der Waals surface area contributed by atoms with Crippen LogP contribution in [0.1, 0.15) is 34.7 Å². The molecule has 2 aromatic carbocycles. The number of methoxy groups -OCH3 is 2. The van der Waals surface area contributed by atoms with Gasteiger partial charge in [-0.1, -0.05) is 18.2 Å². The molecule has 0 N–H and O–H groups in total. The van der Waals surface area contributed by atoms with Gasteiger partial charge in [-0.3, -0.25) is 0 Å². The Bertz CT molecular complexity index is 1010. The number of fused-ring (bicyclic) bond motifs is 3. The smallest absolute Gasteiger partial charge is 0.214 e. The maximum Gasteiger partial charge on any atom is 0.214 e. The lowest BCUT2D eigenvalue weighted by Gasteiger charge is -2.38. The van der Waals surface area contributed by atoms with E-state index in [0.717, 1.165) is 40.5 Å². The van der Waals surface area contributed by atoms with Crippen LogP contribution in [0.15, 0.2) is 65.1 Å². The molecule has 2 aliphatic heterocycles. The van der Waals surface area contributed by atoms with Gasteiger partial charge in [-0.05, 0) is 41.8 Å². The normalized spacial score (nSPS) is 20.1. The zero-order chi connectivity index (χ0) is 19.1. The number of para-hydroxylation sites is 1. The largest absolute Gasteiger partial charge is 0.497 e. The average molecular weight is 392 g/mol.